The van der Waals surface area contributed by atoms with Crippen molar-refractivity contribution in [2.45, 2.75) is 57.8 Å². The number of aromatic nitrogens is 2. The fourth-order valence-corrected chi connectivity index (χ4v) is 4.43. The Morgan fingerprint density at radius 3 is 2.69 bits per heavy atom. The lowest BCUT2D eigenvalue weighted by atomic mass is 9.89. The van der Waals surface area contributed by atoms with Crippen molar-refractivity contribution >= 4 is 28.4 Å². The fraction of sp³-hybridized carbons (Fsp3) is 0.393. The lowest BCUT2D eigenvalue weighted by Crippen LogP contribution is -2.43. The van der Waals surface area contributed by atoms with E-state index in [1.165, 1.54) is 0 Å². The van der Waals surface area contributed by atoms with Crippen LogP contribution in [0.2, 0.25) is 0 Å². The highest BCUT2D eigenvalue weighted by atomic mass is 16.6. The van der Waals surface area contributed by atoms with Crippen LogP contribution >= 0.6 is 0 Å². The van der Waals surface area contributed by atoms with Crippen LogP contribution in [0.1, 0.15) is 45.6 Å². The molecule has 7 nitrogen and oxygen atoms in total. The van der Waals surface area contributed by atoms with E-state index in [1.807, 2.05) is 57.2 Å². The first-order valence-corrected chi connectivity index (χ1v) is 12.3. The minimum Gasteiger partial charge on any atom is -0.474 e. The molecule has 1 N–H and O–H groups in total. The number of pyridine rings is 2. The third kappa shape index (κ3) is 5.56. The van der Waals surface area contributed by atoms with E-state index in [1.54, 1.807) is 11.1 Å². The summed E-state index contributed by atoms with van der Waals surface area (Å²) >= 11 is 0. The first-order chi connectivity index (χ1) is 16.8. The predicted octanol–water partition coefficient (Wildman–Crippen LogP) is 5.68. The van der Waals surface area contributed by atoms with Crippen LogP contribution in [0.15, 0.2) is 60.8 Å². The van der Waals surface area contributed by atoms with Crippen molar-refractivity contribution in [1.82, 2.24) is 14.9 Å². The average Bonchev–Trinajstić information content (AvgIpc) is 2.82. The number of fused-ring (bicyclic) bond motifs is 1. The van der Waals surface area contributed by atoms with Crippen molar-refractivity contribution in [3.05, 3.63) is 66.4 Å². The van der Waals surface area contributed by atoms with Gasteiger partial charge < -0.3 is 19.7 Å². The molecule has 1 fully saturated rings. The van der Waals surface area contributed by atoms with E-state index in [4.69, 9.17) is 14.5 Å². The lowest BCUT2D eigenvalue weighted by molar-refractivity contribution is 0.0270. The maximum atomic E-state index is 12.4. The van der Waals surface area contributed by atoms with E-state index in [0.29, 0.717) is 25.0 Å². The summed E-state index contributed by atoms with van der Waals surface area (Å²) in [4.78, 5) is 23.3. The second-order valence-corrected chi connectivity index (χ2v) is 10.2. The number of nitrogens with zero attached hydrogens (tertiary/aromatic N) is 3. The molecule has 35 heavy (non-hydrogen) atoms. The van der Waals surface area contributed by atoms with Gasteiger partial charge in [0.25, 0.3) is 0 Å². The number of ether oxygens (including phenoxy) is 2. The third-order valence-electron chi connectivity index (χ3n) is 6.30. The smallest absolute Gasteiger partial charge is 0.410 e. The van der Waals surface area contributed by atoms with Gasteiger partial charge in [-0.3, -0.25) is 0 Å². The Hall–Kier alpha value is -3.61. The summed E-state index contributed by atoms with van der Waals surface area (Å²) in [6.45, 7) is 6.78. The summed E-state index contributed by atoms with van der Waals surface area (Å²) in [5.41, 5.74) is 2.66. The summed E-state index contributed by atoms with van der Waals surface area (Å²) in [5.74, 6) is 1.56. The number of carbonyl (C=O) groups is 1. The summed E-state index contributed by atoms with van der Waals surface area (Å²) < 4.78 is 11.8. The maximum Gasteiger partial charge on any atom is 0.410 e. The highest BCUT2D eigenvalue weighted by Crippen LogP contribution is 2.33. The molecular formula is C28H32N4O3. The van der Waals surface area contributed by atoms with Gasteiger partial charge in [-0.2, -0.15) is 0 Å². The number of amides is 1. The third-order valence-corrected chi connectivity index (χ3v) is 6.30. The predicted molar refractivity (Wildman–Crippen MR) is 137 cm³/mol. The van der Waals surface area contributed by atoms with Crippen molar-refractivity contribution < 1.29 is 14.3 Å². The van der Waals surface area contributed by atoms with Crippen LogP contribution in [0.4, 0.5) is 10.6 Å². The molecule has 0 unspecified atom stereocenters. The molecule has 1 amide bonds. The van der Waals surface area contributed by atoms with E-state index in [-0.39, 0.29) is 12.2 Å². The maximum absolute atomic E-state index is 12.4. The number of rotatable bonds is 5. The number of benzene rings is 1. The molecule has 2 aromatic heterocycles. The van der Waals surface area contributed by atoms with Gasteiger partial charge >= 0.3 is 6.09 Å². The quantitative estimate of drug-likeness (QED) is 0.515. The van der Waals surface area contributed by atoms with Gasteiger partial charge in [-0.25, -0.2) is 14.8 Å². The SMILES string of the molecule is CC(C)(C)OC(=O)N1CC=C(c2cccnc2O[C@H]2C[C@H](Nc3ccc4ccccc4n3)C2)CC1. The van der Waals surface area contributed by atoms with Gasteiger partial charge in [0.2, 0.25) is 5.88 Å². The van der Waals surface area contributed by atoms with Gasteiger partial charge in [0, 0.05) is 49.1 Å². The summed E-state index contributed by atoms with van der Waals surface area (Å²) in [5, 5.41) is 4.66. The molecule has 2 aliphatic rings. The van der Waals surface area contributed by atoms with Crippen molar-refractivity contribution in [3.63, 3.8) is 0 Å². The molecule has 0 spiro atoms. The Morgan fingerprint density at radius 1 is 1.09 bits per heavy atom. The van der Waals surface area contributed by atoms with E-state index in [0.717, 1.165) is 47.1 Å². The molecule has 0 saturated heterocycles. The monoisotopic (exact) mass is 472 g/mol. The van der Waals surface area contributed by atoms with Gasteiger partial charge in [-0.05, 0) is 63.1 Å². The minimum atomic E-state index is -0.495. The Labute approximate surface area is 206 Å². The van der Waals surface area contributed by atoms with E-state index >= 15 is 0 Å². The van der Waals surface area contributed by atoms with Crippen LogP contribution in [-0.2, 0) is 4.74 Å². The summed E-state index contributed by atoms with van der Waals surface area (Å²) in [6, 6.07) is 16.6. The van der Waals surface area contributed by atoms with E-state index < -0.39 is 5.60 Å². The first kappa shape index (κ1) is 23.1. The number of nitrogens with one attached hydrogen (secondary N) is 1. The van der Waals surface area contributed by atoms with Crippen molar-refractivity contribution in [2.75, 3.05) is 18.4 Å². The van der Waals surface area contributed by atoms with Gasteiger partial charge in [-0.15, -0.1) is 0 Å². The number of anilines is 1. The van der Waals surface area contributed by atoms with Crippen molar-refractivity contribution in [2.24, 2.45) is 0 Å². The highest BCUT2D eigenvalue weighted by Gasteiger charge is 2.32. The molecule has 182 valence electrons. The number of carbonyl (C=O) groups excluding carboxylic acids is 1. The molecular weight excluding hydrogens is 440 g/mol. The van der Waals surface area contributed by atoms with Crippen molar-refractivity contribution in [1.29, 1.82) is 0 Å². The van der Waals surface area contributed by atoms with Crippen LogP contribution in [0.3, 0.4) is 0 Å². The Morgan fingerprint density at radius 2 is 1.91 bits per heavy atom. The van der Waals surface area contributed by atoms with Gasteiger partial charge in [0.05, 0.1) is 5.52 Å². The van der Waals surface area contributed by atoms with Crippen LogP contribution in [0.25, 0.3) is 16.5 Å². The molecule has 5 rings (SSSR count). The lowest BCUT2D eigenvalue weighted by Gasteiger charge is -2.36. The Balaban J connectivity index is 1.17. The molecule has 1 aliphatic heterocycles. The van der Waals surface area contributed by atoms with Gasteiger partial charge in [-0.1, -0.05) is 24.3 Å². The van der Waals surface area contributed by atoms with Crippen molar-refractivity contribution in [3.8, 4) is 5.88 Å². The molecule has 3 aromatic rings. The van der Waals surface area contributed by atoms with Gasteiger partial charge in [0.15, 0.2) is 0 Å². The zero-order valence-corrected chi connectivity index (χ0v) is 20.5. The summed E-state index contributed by atoms with van der Waals surface area (Å²) in [7, 11) is 0. The zero-order valence-electron chi connectivity index (χ0n) is 20.5. The average molecular weight is 473 g/mol. The minimum absolute atomic E-state index is 0.115. The normalized spacial score (nSPS) is 20.1. The highest BCUT2D eigenvalue weighted by molar-refractivity contribution is 5.80. The molecule has 1 aromatic carbocycles. The molecule has 0 atom stereocenters. The number of hydrogen-bond acceptors (Lipinski definition) is 6. The van der Waals surface area contributed by atoms with E-state index in [9.17, 15) is 4.79 Å². The first-order valence-electron chi connectivity index (χ1n) is 12.3. The molecule has 1 aliphatic carbocycles. The number of para-hydroxylation sites is 1. The second kappa shape index (κ2) is 9.56. The molecule has 0 radical (unpaired) electrons. The van der Waals surface area contributed by atoms with Crippen LogP contribution in [0.5, 0.6) is 5.88 Å². The standard InChI is InChI=1S/C28H32N4O3/c1-28(2,3)35-27(33)32-15-12-19(13-16-32)23-8-6-14-29-26(23)34-22-17-21(18-22)30-25-11-10-20-7-4-5-9-24(20)31-25/h4-12,14,21-22H,13,15-18H2,1-3H3,(H,30,31)/t21-,22-. The number of hydrogen-bond donors (Lipinski definition) is 1. The Bertz CT molecular complexity index is 1240. The largest absolute Gasteiger partial charge is 0.474 e. The fourth-order valence-electron chi connectivity index (χ4n) is 4.43. The molecule has 1 saturated carbocycles. The molecule has 0 bridgehead atoms. The van der Waals surface area contributed by atoms with E-state index in [2.05, 4.69) is 28.5 Å². The molecule has 7 heteroatoms. The zero-order chi connectivity index (χ0) is 24.4. The summed E-state index contributed by atoms with van der Waals surface area (Å²) in [6.07, 6.45) is 6.22. The van der Waals surface area contributed by atoms with Crippen LogP contribution < -0.4 is 10.1 Å². The second-order valence-electron chi connectivity index (χ2n) is 10.2. The topological polar surface area (TPSA) is 76.6 Å². The van der Waals surface area contributed by atoms with Crippen LogP contribution in [0, 0.1) is 0 Å². The molecule has 3 heterocycles. The Kier molecular flexibility index (Phi) is 6.32. The van der Waals surface area contributed by atoms with Crippen LogP contribution in [-0.4, -0.2) is 51.8 Å². The van der Waals surface area contributed by atoms with Gasteiger partial charge in [0.1, 0.15) is 17.5 Å².